The fourth-order valence-electron chi connectivity index (χ4n) is 4.51. The molecule has 9 heteroatoms. The van der Waals surface area contributed by atoms with Crippen LogP contribution in [-0.4, -0.2) is 46.2 Å². The molecular weight excluding hydrogens is 500 g/mol. The van der Waals surface area contributed by atoms with Crippen molar-refractivity contribution in [2.24, 2.45) is 0 Å². The highest BCUT2D eigenvalue weighted by atomic mass is 16.5. The molecule has 0 aliphatic heterocycles. The lowest BCUT2D eigenvalue weighted by molar-refractivity contribution is -0.151. The highest BCUT2D eigenvalue weighted by Crippen LogP contribution is 2.16. The minimum absolute atomic E-state index is 0.104. The maximum Gasteiger partial charge on any atom is 0.323 e. The van der Waals surface area contributed by atoms with Crippen LogP contribution in [0.15, 0.2) is 0 Å². The zero-order chi connectivity index (χ0) is 29.1. The van der Waals surface area contributed by atoms with Crippen LogP contribution in [0.4, 0.5) is 0 Å². The van der Waals surface area contributed by atoms with Crippen molar-refractivity contribution in [1.29, 1.82) is 0 Å². The number of unbranched alkanes of at least 4 members (excludes halogenated alkanes) is 16. The third-order valence-corrected chi connectivity index (χ3v) is 6.89. The van der Waals surface area contributed by atoms with Gasteiger partial charge in [-0.2, -0.15) is 0 Å². The van der Waals surface area contributed by atoms with Crippen molar-refractivity contribution in [3.63, 3.8) is 0 Å². The van der Waals surface area contributed by atoms with Gasteiger partial charge in [-0.15, -0.1) is 0 Å². The average molecular weight is 557 g/mol. The largest absolute Gasteiger partial charge is 0.481 e. The molecule has 0 aromatic rings. The third kappa shape index (κ3) is 24.6. The Labute approximate surface area is 236 Å². The Morgan fingerprint density at radius 3 is 1.56 bits per heavy atom. The first-order valence-electron chi connectivity index (χ1n) is 15.5. The number of rotatable bonds is 28. The van der Waals surface area contributed by atoms with Crippen LogP contribution < -0.4 is 10.9 Å². The standard InChI is InChI=1S/C30H56N2O7/c1-3-5-7-9-11-13-15-17-19-21-25(23-27(33)32-31-26(30(37)38)24-28(34)35)39-29(36)22-20-18-16-14-12-10-8-6-4-2/h25-26,31H,3-24H2,1-2H3,(H,32,33)(H,34,35)(H,37,38)/t25-,26?/m1/s1. The molecule has 39 heavy (non-hydrogen) atoms. The summed E-state index contributed by atoms with van der Waals surface area (Å²) < 4.78 is 5.65. The van der Waals surface area contributed by atoms with E-state index in [1.165, 1.54) is 77.0 Å². The fraction of sp³-hybridized carbons (Fsp3) is 0.867. The molecule has 9 nitrogen and oxygen atoms in total. The van der Waals surface area contributed by atoms with Gasteiger partial charge in [-0.1, -0.05) is 117 Å². The predicted octanol–water partition coefficient (Wildman–Crippen LogP) is 6.68. The number of hydrogen-bond acceptors (Lipinski definition) is 6. The van der Waals surface area contributed by atoms with Crippen LogP contribution in [0.25, 0.3) is 0 Å². The summed E-state index contributed by atoms with van der Waals surface area (Å²) in [5, 5.41) is 18.0. The molecule has 0 aromatic carbocycles. The van der Waals surface area contributed by atoms with Gasteiger partial charge in [0.25, 0.3) is 0 Å². The van der Waals surface area contributed by atoms with E-state index in [4.69, 9.17) is 14.9 Å². The summed E-state index contributed by atoms with van der Waals surface area (Å²) in [6, 6.07) is -1.45. The van der Waals surface area contributed by atoms with E-state index in [1.807, 2.05) is 0 Å². The number of nitrogens with one attached hydrogen (secondary N) is 2. The van der Waals surface area contributed by atoms with Gasteiger partial charge in [-0.25, -0.2) is 5.43 Å². The van der Waals surface area contributed by atoms with Crippen molar-refractivity contribution in [2.45, 2.75) is 167 Å². The number of hydrogen-bond donors (Lipinski definition) is 4. The van der Waals surface area contributed by atoms with Gasteiger partial charge in [0.1, 0.15) is 12.1 Å². The minimum atomic E-state index is -1.45. The van der Waals surface area contributed by atoms with Crippen molar-refractivity contribution in [1.82, 2.24) is 10.9 Å². The van der Waals surface area contributed by atoms with E-state index in [-0.39, 0.29) is 12.4 Å². The molecule has 2 atom stereocenters. The van der Waals surface area contributed by atoms with Gasteiger partial charge in [0, 0.05) is 6.42 Å². The first kappa shape index (κ1) is 36.8. The first-order valence-corrected chi connectivity index (χ1v) is 15.5. The number of ether oxygens (including phenoxy) is 1. The summed E-state index contributed by atoms with van der Waals surface area (Å²) in [6.45, 7) is 4.41. The highest BCUT2D eigenvalue weighted by Gasteiger charge is 2.23. The highest BCUT2D eigenvalue weighted by molar-refractivity contribution is 5.82. The number of esters is 1. The molecule has 0 heterocycles. The van der Waals surface area contributed by atoms with E-state index in [2.05, 4.69) is 24.7 Å². The summed E-state index contributed by atoms with van der Waals surface area (Å²) >= 11 is 0. The second kappa shape index (κ2) is 26.1. The van der Waals surface area contributed by atoms with E-state index < -0.39 is 36.4 Å². The molecule has 0 spiro atoms. The summed E-state index contributed by atoms with van der Waals surface area (Å²) in [6.07, 6.45) is 20.3. The first-order chi connectivity index (χ1) is 18.8. The Balaban J connectivity index is 4.50. The van der Waals surface area contributed by atoms with Crippen LogP contribution in [0, 0.1) is 0 Å². The van der Waals surface area contributed by atoms with Gasteiger partial charge in [0.2, 0.25) is 5.91 Å². The van der Waals surface area contributed by atoms with Crippen molar-refractivity contribution >= 4 is 23.8 Å². The van der Waals surface area contributed by atoms with Crippen LogP contribution >= 0.6 is 0 Å². The van der Waals surface area contributed by atoms with E-state index >= 15 is 0 Å². The van der Waals surface area contributed by atoms with Crippen LogP contribution in [0.2, 0.25) is 0 Å². The van der Waals surface area contributed by atoms with Gasteiger partial charge in [-0.3, -0.25) is 24.6 Å². The zero-order valence-corrected chi connectivity index (χ0v) is 24.6. The minimum Gasteiger partial charge on any atom is -0.481 e. The summed E-state index contributed by atoms with van der Waals surface area (Å²) in [7, 11) is 0. The maximum atomic E-state index is 12.5. The normalized spacial score (nSPS) is 12.6. The second-order valence-corrected chi connectivity index (χ2v) is 10.7. The Morgan fingerprint density at radius 1 is 0.641 bits per heavy atom. The number of carbonyl (C=O) groups is 4. The van der Waals surface area contributed by atoms with Gasteiger partial charge >= 0.3 is 17.9 Å². The molecule has 228 valence electrons. The van der Waals surface area contributed by atoms with Crippen molar-refractivity contribution in [3.8, 4) is 0 Å². The van der Waals surface area contributed by atoms with Gasteiger partial charge in [0.15, 0.2) is 0 Å². The Bertz CT molecular complexity index is 657. The van der Waals surface area contributed by atoms with E-state index in [9.17, 15) is 19.2 Å². The lowest BCUT2D eigenvalue weighted by Crippen LogP contribution is -2.49. The topological polar surface area (TPSA) is 142 Å². The quantitative estimate of drug-likeness (QED) is 0.0475. The molecule has 0 fully saturated rings. The third-order valence-electron chi connectivity index (χ3n) is 6.89. The number of carboxylic acid groups (broad SMARTS) is 2. The van der Waals surface area contributed by atoms with Gasteiger partial charge in [0.05, 0.1) is 12.8 Å². The molecular formula is C30H56N2O7. The molecule has 0 bridgehead atoms. The molecule has 1 unspecified atom stereocenters. The fourth-order valence-corrected chi connectivity index (χ4v) is 4.51. The number of amides is 1. The van der Waals surface area contributed by atoms with Crippen LogP contribution in [0.3, 0.4) is 0 Å². The monoisotopic (exact) mass is 556 g/mol. The molecule has 1 amide bonds. The summed E-state index contributed by atoms with van der Waals surface area (Å²) in [5.74, 6) is -3.52. The average Bonchev–Trinajstić information content (AvgIpc) is 2.88. The SMILES string of the molecule is CCCCCCCCCCCC(=O)O[C@H](CCCCCCCCCCC)CC(=O)NNC(CC(=O)O)C(=O)O. The van der Waals surface area contributed by atoms with Crippen LogP contribution in [0.1, 0.15) is 155 Å². The molecule has 0 aromatic heterocycles. The lowest BCUT2D eigenvalue weighted by atomic mass is 10.0. The Kier molecular flexibility index (Phi) is 24.6. The summed E-state index contributed by atoms with van der Waals surface area (Å²) in [5.41, 5.74) is 4.53. The molecule has 0 radical (unpaired) electrons. The smallest absolute Gasteiger partial charge is 0.323 e. The number of carboxylic acids is 2. The summed E-state index contributed by atoms with van der Waals surface area (Å²) in [4.78, 5) is 46.9. The maximum absolute atomic E-state index is 12.5. The number of carbonyl (C=O) groups excluding carboxylic acids is 2. The predicted molar refractivity (Wildman–Crippen MR) is 153 cm³/mol. The van der Waals surface area contributed by atoms with E-state index in [0.717, 1.165) is 38.5 Å². The second-order valence-electron chi connectivity index (χ2n) is 10.7. The van der Waals surface area contributed by atoms with Gasteiger partial charge in [-0.05, 0) is 19.3 Å². The van der Waals surface area contributed by atoms with Gasteiger partial charge < -0.3 is 14.9 Å². The molecule has 4 N–H and O–H groups in total. The Morgan fingerprint density at radius 2 is 1.10 bits per heavy atom. The van der Waals surface area contributed by atoms with Crippen molar-refractivity contribution < 1.29 is 34.1 Å². The molecule has 0 aliphatic carbocycles. The number of hydrazine groups is 1. The van der Waals surface area contributed by atoms with E-state index in [0.29, 0.717) is 12.8 Å². The lowest BCUT2D eigenvalue weighted by Gasteiger charge is -2.19. The Hall–Kier alpha value is -2.16. The van der Waals surface area contributed by atoms with Crippen LogP contribution in [-0.2, 0) is 23.9 Å². The molecule has 0 aliphatic rings. The van der Waals surface area contributed by atoms with Crippen LogP contribution in [0.5, 0.6) is 0 Å². The molecule has 0 saturated carbocycles. The molecule has 0 saturated heterocycles. The zero-order valence-electron chi connectivity index (χ0n) is 24.6. The molecule has 0 rings (SSSR count). The van der Waals surface area contributed by atoms with Crippen molar-refractivity contribution in [3.05, 3.63) is 0 Å². The number of aliphatic carboxylic acids is 2. The van der Waals surface area contributed by atoms with E-state index in [1.54, 1.807) is 0 Å². The van der Waals surface area contributed by atoms with Crippen molar-refractivity contribution in [2.75, 3.05) is 0 Å².